The first-order valence-electron chi connectivity index (χ1n) is 6.68. The molecule has 3 aromatic heterocycles. The minimum atomic E-state index is -4.54. The summed E-state index contributed by atoms with van der Waals surface area (Å²) in [5, 5.41) is 6.12. The molecule has 0 aliphatic rings. The standard InChI is InChI=1S/C13H9F3N4OS2/c1-5-10(23-6(2)17-5)7-3-9(21)20-11(18-7)12-19-8(4-22-12)13(14,15)16/h3-4H,1-2H3,(H,18,20,21)/i/hT. The quantitative estimate of drug-likeness (QED) is 0.762. The normalized spacial score (nSPS) is 12.3. The molecule has 0 bridgehead atoms. The molecule has 5 nitrogen and oxygen atoms in total. The van der Waals surface area contributed by atoms with Crippen molar-refractivity contribution in [1.82, 2.24) is 19.9 Å². The summed E-state index contributed by atoms with van der Waals surface area (Å²) in [6.45, 7) is 3.63. The number of hydrogen-bond acceptors (Lipinski definition) is 7. The van der Waals surface area contributed by atoms with E-state index in [1.165, 1.54) is 17.4 Å². The molecule has 0 aliphatic heterocycles. The van der Waals surface area contributed by atoms with Gasteiger partial charge in [-0.15, -0.1) is 22.7 Å². The van der Waals surface area contributed by atoms with Gasteiger partial charge in [0, 0.05) is 11.4 Å². The molecule has 120 valence electrons. The molecule has 23 heavy (non-hydrogen) atoms. The molecule has 1 N–H and O–H groups in total. The second-order valence-electron chi connectivity index (χ2n) is 4.60. The Kier molecular flexibility index (Phi) is 3.49. The van der Waals surface area contributed by atoms with E-state index < -0.39 is 11.9 Å². The summed E-state index contributed by atoms with van der Waals surface area (Å²) in [5.74, 6) is -0.107. The number of aryl methyl sites for hydroxylation is 2. The highest BCUT2D eigenvalue weighted by Gasteiger charge is 2.34. The van der Waals surface area contributed by atoms with Crippen molar-refractivity contribution >= 4 is 22.7 Å². The van der Waals surface area contributed by atoms with E-state index >= 15 is 0 Å². The Labute approximate surface area is 138 Å². The molecule has 0 aromatic carbocycles. The third-order valence-corrected chi connectivity index (χ3v) is 4.76. The second kappa shape index (κ2) is 5.53. The maximum atomic E-state index is 12.7. The lowest BCUT2D eigenvalue weighted by molar-refractivity contribution is -0.140. The summed E-state index contributed by atoms with van der Waals surface area (Å²) in [4.78, 5) is 16.7. The average molecular weight is 360 g/mol. The Hall–Kier alpha value is -2.07. The lowest BCUT2D eigenvalue weighted by Crippen LogP contribution is -2.05. The van der Waals surface area contributed by atoms with Crippen LogP contribution >= 0.6 is 22.7 Å². The predicted octanol–water partition coefficient (Wildman–Crippen LogP) is 4.06. The number of nitrogens with zero attached hydrogens (tertiary/aromatic N) is 4. The van der Waals surface area contributed by atoms with Gasteiger partial charge in [0.1, 0.15) is 0 Å². The molecular formula is C13H9F3N4OS2. The molecule has 0 amide bonds. The van der Waals surface area contributed by atoms with Crippen molar-refractivity contribution in [2.24, 2.45) is 0 Å². The Morgan fingerprint density at radius 1 is 1.17 bits per heavy atom. The van der Waals surface area contributed by atoms with E-state index in [-0.39, 0.29) is 16.7 Å². The van der Waals surface area contributed by atoms with Crippen LogP contribution in [0.2, 0.25) is 0 Å². The number of halogens is 3. The van der Waals surface area contributed by atoms with E-state index in [4.69, 9.17) is 1.43 Å². The lowest BCUT2D eigenvalue weighted by atomic mass is 10.3. The first kappa shape index (κ1) is 14.5. The third-order valence-electron chi connectivity index (χ3n) is 2.82. The van der Waals surface area contributed by atoms with E-state index in [2.05, 4.69) is 25.0 Å². The molecule has 0 unspecified atom stereocenters. The van der Waals surface area contributed by atoms with Gasteiger partial charge in [-0.1, -0.05) is 0 Å². The van der Waals surface area contributed by atoms with Crippen LogP contribution in [-0.2, 0) is 6.18 Å². The topological polar surface area (TPSA) is 71.8 Å². The first-order chi connectivity index (χ1) is 11.3. The number of rotatable bonds is 3. The second-order valence-corrected chi connectivity index (χ2v) is 6.66. The molecule has 0 radical (unpaired) electrons. The van der Waals surface area contributed by atoms with Crippen molar-refractivity contribution in [3.05, 3.63) is 27.8 Å². The monoisotopic (exact) mass is 360 g/mol. The fourth-order valence-electron chi connectivity index (χ4n) is 1.91. The van der Waals surface area contributed by atoms with E-state index in [9.17, 15) is 13.2 Å². The van der Waals surface area contributed by atoms with Gasteiger partial charge in [-0.2, -0.15) is 18.2 Å². The smallest absolute Gasteiger partial charge is 0.434 e. The van der Waals surface area contributed by atoms with Gasteiger partial charge in [-0.3, -0.25) is 0 Å². The molecule has 10 heteroatoms. The maximum absolute atomic E-state index is 12.7. The molecular weight excluding hydrogens is 349 g/mol. The van der Waals surface area contributed by atoms with Crippen LogP contribution < -0.4 is 0 Å². The molecule has 3 aromatic rings. The molecule has 0 atom stereocenters. The Bertz CT molecular complexity index is 894. The van der Waals surface area contributed by atoms with E-state index in [1.54, 1.807) is 6.92 Å². The predicted molar refractivity (Wildman–Crippen MR) is 80.4 cm³/mol. The van der Waals surface area contributed by atoms with Crippen LogP contribution in [0.1, 0.15) is 16.4 Å². The van der Waals surface area contributed by atoms with E-state index in [0.717, 1.165) is 32.3 Å². The number of aromatic hydroxyl groups is 1. The van der Waals surface area contributed by atoms with E-state index in [1.807, 2.05) is 6.92 Å². The van der Waals surface area contributed by atoms with Crippen molar-refractivity contribution in [2.45, 2.75) is 20.0 Å². The Morgan fingerprint density at radius 3 is 2.52 bits per heavy atom. The lowest BCUT2D eigenvalue weighted by Gasteiger charge is -2.03. The molecule has 0 aliphatic carbocycles. The number of alkyl halides is 3. The average Bonchev–Trinajstić information content (AvgIpc) is 3.13. The molecule has 0 saturated carbocycles. The van der Waals surface area contributed by atoms with Crippen molar-refractivity contribution in [1.29, 1.82) is 1.43 Å². The first-order valence-corrected chi connectivity index (χ1v) is 7.97. The minimum Gasteiger partial charge on any atom is -0.493 e. The van der Waals surface area contributed by atoms with Crippen LogP contribution in [0.3, 0.4) is 0 Å². The zero-order valence-corrected chi connectivity index (χ0v) is 13.4. The highest BCUT2D eigenvalue weighted by atomic mass is 32.1. The highest BCUT2D eigenvalue weighted by Crippen LogP contribution is 2.35. The molecule has 3 heterocycles. The van der Waals surface area contributed by atoms with Gasteiger partial charge < -0.3 is 5.11 Å². The summed E-state index contributed by atoms with van der Waals surface area (Å²) in [7, 11) is 0. The van der Waals surface area contributed by atoms with Gasteiger partial charge in [0.25, 0.3) is 1.43 Å². The van der Waals surface area contributed by atoms with Crippen LogP contribution in [0.4, 0.5) is 13.2 Å². The number of aromatic nitrogens is 4. The highest BCUT2D eigenvalue weighted by molar-refractivity contribution is 7.15. The van der Waals surface area contributed by atoms with Gasteiger partial charge in [0.2, 0.25) is 5.88 Å². The van der Waals surface area contributed by atoms with Crippen molar-refractivity contribution in [2.75, 3.05) is 0 Å². The van der Waals surface area contributed by atoms with Gasteiger partial charge in [-0.25, -0.2) is 15.0 Å². The fourth-order valence-corrected chi connectivity index (χ4v) is 3.55. The van der Waals surface area contributed by atoms with Gasteiger partial charge in [-0.05, 0) is 13.8 Å². The summed E-state index contributed by atoms with van der Waals surface area (Å²) in [6, 6.07) is 1.44. The largest absolute Gasteiger partial charge is 0.493 e. The zero-order valence-electron chi connectivity index (χ0n) is 12.8. The van der Waals surface area contributed by atoms with Crippen LogP contribution in [0, 0.1) is 13.8 Å². The van der Waals surface area contributed by atoms with Crippen LogP contribution in [0.25, 0.3) is 21.4 Å². The summed E-state index contributed by atoms with van der Waals surface area (Å²) in [6.07, 6.45) is -4.54. The van der Waals surface area contributed by atoms with Crippen LogP contribution in [-0.4, -0.2) is 26.5 Å². The molecule has 3 rings (SSSR count). The van der Waals surface area contributed by atoms with Crippen molar-refractivity contribution < 1.29 is 18.3 Å². The maximum Gasteiger partial charge on any atom is 0.434 e. The summed E-state index contributed by atoms with van der Waals surface area (Å²) < 4.78 is 45.1. The minimum absolute atomic E-state index is 0.00126. The van der Waals surface area contributed by atoms with Crippen molar-refractivity contribution in [3.63, 3.8) is 0 Å². The van der Waals surface area contributed by atoms with Crippen LogP contribution in [0.15, 0.2) is 11.4 Å². The molecule has 0 fully saturated rings. The fraction of sp³-hybridized carbons (Fsp3) is 0.231. The third kappa shape index (κ3) is 3.17. The number of hydrogen-bond donors (Lipinski definition) is 1. The van der Waals surface area contributed by atoms with Crippen molar-refractivity contribution in [3.8, 4) is 27.3 Å². The molecule has 0 saturated heterocycles. The SMILES string of the molecule is [3H]Oc1cc(-c2sc(C)nc2C)nc(-c2nc(C(F)(F)F)cs2)n1. The summed E-state index contributed by atoms with van der Waals surface area (Å²) >= 11 is 2.16. The Balaban J connectivity index is 2.10. The Morgan fingerprint density at radius 2 is 1.96 bits per heavy atom. The number of thiazole rings is 2. The van der Waals surface area contributed by atoms with Gasteiger partial charge in [0.05, 0.1) is 21.3 Å². The van der Waals surface area contributed by atoms with Crippen LogP contribution in [0.5, 0.6) is 5.88 Å². The van der Waals surface area contributed by atoms with Gasteiger partial charge >= 0.3 is 6.18 Å². The summed E-state index contributed by atoms with van der Waals surface area (Å²) in [5.41, 5.74) is 0.150. The van der Waals surface area contributed by atoms with Gasteiger partial charge in [0.15, 0.2) is 16.5 Å². The van der Waals surface area contributed by atoms with E-state index in [0.29, 0.717) is 5.69 Å². The molecule has 0 spiro atoms. The zero-order chi connectivity index (χ0) is 17.5.